The van der Waals surface area contributed by atoms with Crippen molar-refractivity contribution < 1.29 is 15.0 Å². The number of aryl methyl sites for hydroxylation is 2. The summed E-state index contributed by atoms with van der Waals surface area (Å²) in [6.45, 7) is 3.74. The van der Waals surface area contributed by atoms with Gasteiger partial charge in [0.15, 0.2) is 0 Å². The Morgan fingerprint density at radius 3 is 2.57 bits per heavy atom. The molecule has 0 atom stereocenters. The number of hydrogen-bond donors (Lipinski definition) is 2. The van der Waals surface area contributed by atoms with Gasteiger partial charge in [0.2, 0.25) is 0 Å². The summed E-state index contributed by atoms with van der Waals surface area (Å²) < 4.78 is 0. The third-order valence-electron chi connectivity index (χ3n) is 2.13. The van der Waals surface area contributed by atoms with E-state index in [1.165, 1.54) is 6.07 Å². The lowest BCUT2D eigenvalue weighted by atomic mass is 10.0. The van der Waals surface area contributed by atoms with E-state index in [1.807, 2.05) is 13.0 Å². The van der Waals surface area contributed by atoms with Gasteiger partial charge in [-0.15, -0.1) is 0 Å². The Balaban J connectivity index is 3.21. The van der Waals surface area contributed by atoms with Crippen molar-refractivity contribution in [3.05, 3.63) is 28.8 Å². The molecule has 0 radical (unpaired) electrons. The lowest BCUT2D eigenvalue weighted by Gasteiger charge is -2.06. The van der Waals surface area contributed by atoms with Gasteiger partial charge >= 0.3 is 5.97 Å². The quantitative estimate of drug-likeness (QED) is 0.776. The fourth-order valence-corrected chi connectivity index (χ4v) is 1.45. The molecule has 14 heavy (non-hydrogen) atoms. The van der Waals surface area contributed by atoms with Gasteiger partial charge in [0.1, 0.15) is 11.3 Å². The highest BCUT2D eigenvalue weighted by Gasteiger charge is 2.12. The van der Waals surface area contributed by atoms with Crippen LogP contribution in [0.15, 0.2) is 12.1 Å². The number of hydrogen-bond acceptors (Lipinski definition) is 2. The van der Waals surface area contributed by atoms with Crippen LogP contribution < -0.4 is 0 Å². The van der Waals surface area contributed by atoms with Crippen LogP contribution in [0.5, 0.6) is 5.75 Å². The smallest absolute Gasteiger partial charge is 0.339 e. The lowest BCUT2D eigenvalue weighted by molar-refractivity contribution is 0.0693. The predicted octanol–water partition coefficient (Wildman–Crippen LogP) is 2.35. The molecule has 0 aromatic heterocycles. The van der Waals surface area contributed by atoms with Crippen molar-refractivity contribution in [3.8, 4) is 5.75 Å². The molecule has 0 amide bonds. The number of phenols is 1. The van der Waals surface area contributed by atoms with E-state index in [4.69, 9.17) is 5.11 Å². The van der Waals surface area contributed by atoms with Gasteiger partial charge in [-0.2, -0.15) is 0 Å². The number of carboxylic acid groups (broad SMARTS) is 1. The summed E-state index contributed by atoms with van der Waals surface area (Å²) in [5.74, 6) is -1.21. The molecule has 76 valence electrons. The summed E-state index contributed by atoms with van der Waals surface area (Å²) in [6.07, 6.45) is 1.80. The standard InChI is InChI=1S/C11H14O3/c1-3-4-8-5-7(2)10(12)9(6-8)11(13)14/h5-6,12H,3-4H2,1-2H3,(H,13,14). The van der Waals surface area contributed by atoms with Crippen LogP contribution in [0.2, 0.25) is 0 Å². The van der Waals surface area contributed by atoms with Crippen LogP contribution in [-0.2, 0) is 6.42 Å². The molecule has 3 nitrogen and oxygen atoms in total. The molecule has 1 rings (SSSR count). The normalized spacial score (nSPS) is 10.1. The minimum absolute atomic E-state index is 0.00606. The number of aromatic carboxylic acids is 1. The number of rotatable bonds is 3. The molecule has 1 aromatic carbocycles. The topological polar surface area (TPSA) is 57.5 Å². The molecule has 3 heteroatoms. The van der Waals surface area contributed by atoms with Crippen LogP contribution in [0.4, 0.5) is 0 Å². The van der Waals surface area contributed by atoms with Crippen molar-refractivity contribution in [2.24, 2.45) is 0 Å². The highest BCUT2D eigenvalue weighted by Crippen LogP contribution is 2.24. The maximum atomic E-state index is 10.8. The number of carboxylic acids is 1. The van der Waals surface area contributed by atoms with Gasteiger partial charge in [-0.25, -0.2) is 4.79 Å². The maximum Gasteiger partial charge on any atom is 0.339 e. The molecule has 0 saturated heterocycles. The van der Waals surface area contributed by atoms with Gasteiger partial charge in [0.05, 0.1) is 0 Å². The molecule has 0 unspecified atom stereocenters. The summed E-state index contributed by atoms with van der Waals surface area (Å²) in [7, 11) is 0. The van der Waals surface area contributed by atoms with E-state index >= 15 is 0 Å². The van der Waals surface area contributed by atoms with Gasteiger partial charge < -0.3 is 10.2 Å². The zero-order chi connectivity index (χ0) is 10.7. The molecular formula is C11H14O3. The van der Waals surface area contributed by atoms with Crippen molar-refractivity contribution in [1.82, 2.24) is 0 Å². The third kappa shape index (κ3) is 2.05. The second-order valence-electron chi connectivity index (χ2n) is 3.36. The van der Waals surface area contributed by atoms with Gasteiger partial charge in [-0.3, -0.25) is 0 Å². The number of benzene rings is 1. The maximum absolute atomic E-state index is 10.8. The molecule has 0 bridgehead atoms. The highest BCUT2D eigenvalue weighted by molar-refractivity contribution is 5.91. The van der Waals surface area contributed by atoms with Gasteiger partial charge in [0.25, 0.3) is 0 Å². The fraction of sp³-hybridized carbons (Fsp3) is 0.364. The van der Waals surface area contributed by atoms with Crippen molar-refractivity contribution >= 4 is 5.97 Å². The van der Waals surface area contributed by atoms with Crippen LogP contribution in [-0.4, -0.2) is 16.2 Å². The molecular weight excluding hydrogens is 180 g/mol. The summed E-state index contributed by atoms with van der Waals surface area (Å²) in [4.78, 5) is 10.8. The molecule has 0 spiro atoms. The first-order valence-electron chi connectivity index (χ1n) is 4.62. The average molecular weight is 194 g/mol. The van der Waals surface area contributed by atoms with E-state index in [-0.39, 0.29) is 11.3 Å². The van der Waals surface area contributed by atoms with Crippen molar-refractivity contribution in [2.75, 3.05) is 0 Å². The first-order valence-corrected chi connectivity index (χ1v) is 4.62. The molecule has 0 aliphatic heterocycles. The summed E-state index contributed by atoms with van der Waals surface area (Å²) in [5.41, 5.74) is 1.57. The van der Waals surface area contributed by atoms with Crippen LogP contribution in [0.3, 0.4) is 0 Å². The third-order valence-corrected chi connectivity index (χ3v) is 2.13. The Morgan fingerprint density at radius 2 is 2.07 bits per heavy atom. The van der Waals surface area contributed by atoms with Gasteiger partial charge in [0, 0.05) is 0 Å². The summed E-state index contributed by atoms with van der Waals surface area (Å²) in [5, 5.41) is 18.3. The number of aromatic hydroxyl groups is 1. The first kappa shape index (κ1) is 10.6. The monoisotopic (exact) mass is 194 g/mol. The molecule has 1 aromatic rings. The van der Waals surface area contributed by atoms with Crippen LogP contribution in [0.1, 0.15) is 34.8 Å². The van der Waals surface area contributed by atoms with Gasteiger partial charge in [-0.05, 0) is 30.5 Å². The van der Waals surface area contributed by atoms with E-state index in [0.717, 1.165) is 18.4 Å². The molecule has 0 aliphatic carbocycles. The van der Waals surface area contributed by atoms with Crippen LogP contribution in [0.25, 0.3) is 0 Å². The largest absolute Gasteiger partial charge is 0.507 e. The SMILES string of the molecule is CCCc1cc(C)c(O)c(C(=O)O)c1. The predicted molar refractivity (Wildman–Crippen MR) is 53.8 cm³/mol. The average Bonchev–Trinajstić information content (AvgIpc) is 2.11. The minimum Gasteiger partial charge on any atom is -0.507 e. The first-order chi connectivity index (χ1) is 6.56. The van der Waals surface area contributed by atoms with E-state index in [2.05, 4.69) is 0 Å². The molecule has 0 heterocycles. The Morgan fingerprint density at radius 1 is 1.43 bits per heavy atom. The van der Waals surface area contributed by atoms with Crippen molar-refractivity contribution in [3.63, 3.8) is 0 Å². The minimum atomic E-state index is -1.08. The zero-order valence-electron chi connectivity index (χ0n) is 8.37. The van der Waals surface area contributed by atoms with Crippen LogP contribution >= 0.6 is 0 Å². The Hall–Kier alpha value is -1.51. The van der Waals surface area contributed by atoms with E-state index < -0.39 is 5.97 Å². The van der Waals surface area contributed by atoms with Crippen molar-refractivity contribution in [2.45, 2.75) is 26.7 Å². The molecule has 0 fully saturated rings. The number of carbonyl (C=O) groups is 1. The second kappa shape index (κ2) is 4.13. The van der Waals surface area contributed by atoms with E-state index in [1.54, 1.807) is 6.92 Å². The van der Waals surface area contributed by atoms with Gasteiger partial charge in [-0.1, -0.05) is 19.4 Å². The Labute approximate surface area is 83.0 Å². The molecule has 2 N–H and O–H groups in total. The van der Waals surface area contributed by atoms with E-state index in [9.17, 15) is 9.90 Å². The lowest BCUT2D eigenvalue weighted by Crippen LogP contribution is -2.00. The fourth-order valence-electron chi connectivity index (χ4n) is 1.45. The summed E-state index contributed by atoms with van der Waals surface area (Å²) >= 11 is 0. The van der Waals surface area contributed by atoms with E-state index in [0.29, 0.717) is 5.56 Å². The highest BCUT2D eigenvalue weighted by atomic mass is 16.4. The Bertz CT molecular complexity index is 356. The second-order valence-corrected chi connectivity index (χ2v) is 3.36. The van der Waals surface area contributed by atoms with Crippen molar-refractivity contribution in [1.29, 1.82) is 0 Å². The zero-order valence-corrected chi connectivity index (χ0v) is 8.37. The molecule has 0 saturated carbocycles. The van der Waals surface area contributed by atoms with Crippen LogP contribution in [0, 0.1) is 6.92 Å². The summed E-state index contributed by atoms with van der Waals surface area (Å²) in [6, 6.07) is 3.36. The molecule has 0 aliphatic rings. The Kier molecular flexibility index (Phi) is 3.12.